The zero-order valence-corrected chi connectivity index (χ0v) is 21.7. The van der Waals surface area contributed by atoms with E-state index in [0.717, 1.165) is 31.5 Å². The van der Waals surface area contributed by atoms with E-state index in [4.69, 9.17) is 0 Å². The molecule has 1 unspecified atom stereocenters. The van der Waals surface area contributed by atoms with Gasteiger partial charge in [-0.2, -0.15) is 0 Å². The molecular weight excluding hydrogens is 440 g/mol. The highest BCUT2D eigenvalue weighted by atomic mass is 16.1. The van der Waals surface area contributed by atoms with Gasteiger partial charge in [-0.15, -0.1) is 0 Å². The van der Waals surface area contributed by atoms with Crippen LogP contribution in [-0.2, 0) is 16.6 Å². The number of likely N-dealkylation sites (tertiary alicyclic amines) is 1. The number of aryl methyl sites for hydroxylation is 1. The van der Waals surface area contributed by atoms with Gasteiger partial charge in [-0.25, -0.2) is 0 Å². The number of nitrogens with zero attached hydrogens (tertiary/aromatic N) is 1. The fraction of sp³-hybridized carbons (Fsp3) is 0.424. The Morgan fingerprint density at radius 2 is 1.78 bits per heavy atom. The van der Waals surface area contributed by atoms with Crippen LogP contribution in [0, 0.1) is 0 Å². The average Bonchev–Trinajstić information content (AvgIpc) is 2.92. The number of benzene rings is 2. The number of hydrogen-bond acceptors (Lipinski definition) is 2. The maximum absolute atomic E-state index is 13.1. The van der Waals surface area contributed by atoms with Gasteiger partial charge >= 0.3 is 0 Å². The van der Waals surface area contributed by atoms with E-state index in [-0.39, 0.29) is 11.8 Å². The number of fused-ring (bicyclic) bond motifs is 2. The van der Waals surface area contributed by atoms with Gasteiger partial charge in [0.25, 0.3) is 0 Å². The van der Waals surface area contributed by atoms with E-state index >= 15 is 0 Å². The van der Waals surface area contributed by atoms with Crippen LogP contribution in [0.3, 0.4) is 0 Å². The number of hydrogen-bond donors (Lipinski definition) is 1. The summed E-state index contributed by atoms with van der Waals surface area (Å²) in [6, 6.07) is 19.3. The summed E-state index contributed by atoms with van der Waals surface area (Å²) in [7, 11) is 0. The van der Waals surface area contributed by atoms with Gasteiger partial charge in [0.05, 0.1) is 5.92 Å². The smallest absolute Gasteiger partial charge is 0.227 e. The quantitative estimate of drug-likeness (QED) is 0.219. The first-order valence-corrected chi connectivity index (χ1v) is 13.8. The second kappa shape index (κ2) is 13.4. The summed E-state index contributed by atoms with van der Waals surface area (Å²) >= 11 is 0. The van der Waals surface area contributed by atoms with Crippen LogP contribution >= 0.6 is 0 Å². The fourth-order valence-corrected chi connectivity index (χ4v) is 6.03. The van der Waals surface area contributed by atoms with E-state index in [1.54, 1.807) is 17.2 Å². The Morgan fingerprint density at radius 1 is 1.00 bits per heavy atom. The summed E-state index contributed by atoms with van der Waals surface area (Å²) in [4.78, 5) is 15.7. The molecule has 1 amide bonds. The maximum atomic E-state index is 13.1. The van der Waals surface area contributed by atoms with Crippen molar-refractivity contribution in [2.24, 2.45) is 0 Å². The minimum atomic E-state index is -0.146. The Labute approximate surface area is 218 Å². The van der Waals surface area contributed by atoms with Gasteiger partial charge in [0, 0.05) is 6.54 Å². The van der Waals surface area contributed by atoms with Crippen LogP contribution in [-0.4, -0.2) is 37.0 Å². The van der Waals surface area contributed by atoms with E-state index in [1.165, 1.54) is 45.2 Å². The van der Waals surface area contributed by atoms with Crippen molar-refractivity contribution in [2.75, 3.05) is 26.2 Å². The molecule has 0 saturated carbocycles. The Kier molecular flexibility index (Phi) is 9.75. The molecule has 2 aromatic carbocycles. The van der Waals surface area contributed by atoms with Crippen molar-refractivity contribution in [3.05, 3.63) is 108 Å². The number of allylic oxidation sites excluding steroid dienone is 5. The predicted octanol–water partition coefficient (Wildman–Crippen LogP) is 6.73. The lowest BCUT2D eigenvalue weighted by molar-refractivity contribution is -0.122. The molecule has 1 spiro atoms. The molecule has 3 heteroatoms. The molecule has 1 heterocycles. The molecule has 1 fully saturated rings. The molecule has 1 saturated heterocycles. The average molecular weight is 483 g/mol. The van der Waals surface area contributed by atoms with E-state index in [9.17, 15) is 4.79 Å². The first-order chi connectivity index (χ1) is 17.7. The molecule has 4 rings (SSSR count). The zero-order chi connectivity index (χ0) is 25.1. The predicted molar refractivity (Wildman–Crippen MR) is 151 cm³/mol. The standard InChI is InChI=1S/C33H42N2O/c1-2-3-4-5-6-10-19-30(28-15-8-7-9-16-28)32(36)34-24-14-25-35-26-22-33(23-27-35)21-13-18-29-17-11-12-20-31(29)33/h2-4,6-12,15-17,20,30H,1,5,13-14,18-19,21-27H2,(H,34,36)/b4-3-,10-6-. The third kappa shape index (κ3) is 6.85. The SMILES string of the molecule is C=C/C=C\C/C=C\CC(C(=O)NCCCN1CCC2(CCCc3ccccc32)CC1)c1ccccc1. The van der Waals surface area contributed by atoms with Crippen molar-refractivity contribution in [3.8, 4) is 0 Å². The molecule has 0 radical (unpaired) electrons. The summed E-state index contributed by atoms with van der Waals surface area (Å²) in [6.07, 6.45) is 19.1. The molecule has 2 aliphatic rings. The van der Waals surface area contributed by atoms with E-state index in [1.807, 2.05) is 24.3 Å². The Hall–Kier alpha value is -2.91. The van der Waals surface area contributed by atoms with Crippen LogP contribution in [0.15, 0.2) is 91.6 Å². The monoisotopic (exact) mass is 482 g/mol. The normalized spacial score (nSPS) is 18.3. The van der Waals surface area contributed by atoms with Crippen molar-refractivity contribution in [3.63, 3.8) is 0 Å². The molecule has 0 bridgehead atoms. The molecule has 1 N–H and O–H groups in total. The number of carbonyl (C=O) groups is 1. The molecule has 1 aliphatic carbocycles. The minimum Gasteiger partial charge on any atom is -0.356 e. The molecule has 2 aromatic rings. The Bertz CT molecular complexity index is 1030. The highest BCUT2D eigenvalue weighted by Gasteiger charge is 2.38. The Balaban J connectivity index is 1.23. The molecular formula is C33H42N2O. The van der Waals surface area contributed by atoms with Gasteiger partial charge in [0.15, 0.2) is 0 Å². The van der Waals surface area contributed by atoms with Crippen LogP contribution in [0.1, 0.15) is 67.6 Å². The molecule has 36 heavy (non-hydrogen) atoms. The van der Waals surface area contributed by atoms with E-state index in [0.29, 0.717) is 11.8 Å². The van der Waals surface area contributed by atoms with Gasteiger partial charge in [-0.05, 0) is 93.1 Å². The summed E-state index contributed by atoms with van der Waals surface area (Å²) < 4.78 is 0. The van der Waals surface area contributed by atoms with E-state index < -0.39 is 0 Å². The second-order valence-electron chi connectivity index (χ2n) is 10.3. The van der Waals surface area contributed by atoms with Gasteiger partial charge in [0.2, 0.25) is 5.91 Å². The lowest BCUT2D eigenvalue weighted by atomic mass is 9.65. The summed E-state index contributed by atoms with van der Waals surface area (Å²) in [5.74, 6) is -0.0176. The van der Waals surface area contributed by atoms with Gasteiger partial charge in [-0.3, -0.25) is 4.79 Å². The van der Waals surface area contributed by atoms with Crippen LogP contribution in [0.2, 0.25) is 0 Å². The number of carbonyl (C=O) groups excluding carboxylic acids is 1. The van der Waals surface area contributed by atoms with Gasteiger partial charge in [0.1, 0.15) is 0 Å². The van der Waals surface area contributed by atoms with Crippen LogP contribution in [0.4, 0.5) is 0 Å². The molecule has 1 atom stereocenters. The number of nitrogens with one attached hydrogen (secondary N) is 1. The largest absolute Gasteiger partial charge is 0.356 e. The Morgan fingerprint density at radius 3 is 2.58 bits per heavy atom. The summed E-state index contributed by atoms with van der Waals surface area (Å²) in [5.41, 5.74) is 4.68. The number of amides is 1. The van der Waals surface area contributed by atoms with Crippen molar-refractivity contribution in [1.82, 2.24) is 10.2 Å². The third-order valence-electron chi connectivity index (χ3n) is 8.05. The molecule has 190 valence electrons. The summed E-state index contributed by atoms with van der Waals surface area (Å²) in [5, 5.41) is 3.23. The molecule has 3 nitrogen and oxygen atoms in total. The minimum absolute atomic E-state index is 0.129. The lowest BCUT2D eigenvalue weighted by Crippen LogP contribution is -2.45. The fourth-order valence-electron chi connectivity index (χ4n) is 6.03. The topological polar surface area (TPSA) is 32.3 Å². The summed E-state index contributed by atoms with van der Waals surface area (Å²) in [6.45, 7) is 7.82. The van der Waals surface area contributed by atoms with E-state index in [2.05, 4.69) is 71.4 Å². The van der Waals surface area contributed by atoms with Crippen molar-refractivity contribution >= 4 is 5.91 Å². The van der Waals surface area contributed by atoms with Gasteiger partial charge in [-0.1, -0.05) is 91.6 Å². The second-order valence-corrected chi connectivity index (χ2v) is 10.3. The number of rotatable bonds is 11. The lowest BCUT2D eigenvalue weighted by Gasteiger charge is -2.45. The third-order valence-corrected chi connectivity index (χ3v) is 8.05. The van der Waals surface area contributed by atoms with Crippen LogP contribution in [0.25, 0.3) is 0 Å². The van der Waals surface area contributed by atoms with Gasteiger partial charge < -0.3 is 10.2 Å². The number of piperidine rings is 1. The molecule has 0 aromatic heterocycles. The first-order valence-electron chi connectivity index (χ1n) is 13.8. The first kappa shape index (κ1) is 26.2. The van der Waals surface area contributed by atoms with Crippen molar-refractivity contribution in [2.45, 2.75) is 62.7 Å². The zero-order valence-electron chi connectivity index (χ0n) is 21.7. The highest BCUT2D eigenvalue weighted by molar-refractivity contribution is 5.83. The maximum Gasteiger partial charge on any atom is 0.227 e. The van der Waals surface area contributed by atoms with Crippen LogP contribution < -0.4 is 5.32 Å². The highest BCUT2D eigenvalue weighted by Crippen LogP contribution is 2.44. The van der Waals surface area contributed by atoms with Crippen molar-refractivity contribution < 1.29 is 4.79 Å². The van der Waals surface area contributed by atoms with Crippen molar-refractivity contribution in [1.29, 1.82) is 0 Å². The van der Waals surface area contributed by atoms with Crippen LogP contribution in [0.5, 0.6) is 0 Å². The molecule has 1 aliphatic heterocycles.